The summed E-state index contributed by atoms with van der Waals surface area (Å²) in [6.07, 6.45) is 0.878. The molecule has 122 valence electrons. The number of carbonyl (C=O) groups is 1. The average molecular weight is 312 g/mol. The first-order valence-corrected chi connectivity index (χ1v) is 7.86. The molecule has 0 aromatic heterocycles. The number of hydrogen-bond donors (Lipinski definition) is 1. The zero-order valence-electron chi connectivity index (χ0n) is 13.8. The molecular formula is C19H24N2O2. The minimum atomic E-state index is 0.000306. The molecule has 0 saturated carbocycles. The number of hydrogen-bond acceptors (Lipinski definition) is 3. The van der Waals surface area contributed by atoms with Gasteiger partial charge in [0.15, 0.2) is 0 Å². The highest BCUT2D eigenvalue weighted by Crippen LogP contribution is 2.09. The molecule has 4 heteroatoms. The summed E-state index contributed by atoms with van der Waals surface area (Å²) in [5.74, 6) is 0.882. The van der Waals surface area contributed by atoms with Crippen LogP contribution in [0.4, 0.5) is 5.69 Å². The summed E-state index contributed by atoms with van der Waals surface area (Å²) in [7, 11) is 1.94. The Kier molecular flexibility index (Phi) is 6.63. The van der Waals surface area contributed by atoms with E-state index >= 15 is 0 Å². The SMILES string of the molecule is Cc1ccc(NC(=O)CN(C)CCCOc2ccccc2)cc1. The molecule has 0 saturated heterocycles. The second-order valence-corrected chi connectivity index (χ2v) is 5.67. The molecule has 0 heterocycles. The Morgan fingerprint density at radius 1 is 1.09 bits per heavy atom. The molecule has 0 unspecified atom stereocenters. The molecule has 2 rings (SSSR count). The molecule has 0 aliphatic rings. The van der Waals surface area contributed by atoms with Crippen LogP contribution in [-0.2, 0) is 4.79 Å². The maximum Gasteiger partial charge on any atom is 0.238 e. The van der Waals surface area contributed by atoms with E-state index in [0.29, 0.717) is 13.2 Å². The molecule has 1 amide bonds. The Hall–Kier alpha value is -2.33. The van der Waals surface area contributed by atoms with Crippen LogP contribution in [0.15, 0.2) is 54.6 Å². The number of nitrogens with zero attached hydrogens (tertiary/aromatic N) is 1. The van der Waals surface area contributed by atoms with Crippen LogP contribution in [0.2, 0.25) is 0 Å². The molecule has 4 nitrogen and oxygen atoms in total. The van der Waals surface area contributed by atoms with E-state index in [9.17, 15) is 4.79 Å². The summed E-state index contributed by atoms with van der Waals surface area (Å²) in [4.78, 5) is 14.0. The number of amides is 1. The van der Waals surface area contributed by atoms with Gasteiger partial charge in [-0.1, -0.05) is 35.9 Å². The molecule has 23 heavy (non-hydrogen) atoms. The number of nitrogens with one attached hydrogen (secondary N) is 1. The Bertz CT molecular complexity index is 597. The van der Waals surface area contributed by atoms with Crippen molar-refractivity contribution >= 4 is 11.6 Å². The second kappa shape index (κ2) is 8.96. The fourth-order valence-corrected chi connectivity index (χ4v) is 2.20. The summed E-state index contributed by atoms with van der Waals surface area (Å²) in [5, 5.41) is 2.90. The van der Waals surface area contributed by atoms with Gasteiger partial charge in [-0.15, -0.1) is 0 Å². The Morgan fingerprint density at radius 3 is 2.48 bits per heavy atom. The topological polar surface area (TPSA) is 41.6 Å². The van der Waals surface area contributed by atoms with Crippen molar-refractivity contribution in [2.45, 2.75) is 13.3 Å². The van der Waals surface area contributed by atoms with Gasteiger partial charge in [0, 0.05) is 12.2 Å². The van der Waals surface area contributed by atoms with Crippen LogP contribution in [0.1, 0.15) is 12.0 Å². The molecule has 0 radical (unpaired) electrons. The Labute approximate surface area is 138 Å². The van der Waals surface area contributed by atoms with Gasteiger partial charge in [-0.25, -0.2) is 0 Å². The van der Waals surface area contributed by atoms with Crippen molar-refractivity contribution < 1.29 is 9.53 Å². The molecule has 0 atom stereocenters. The third-order valence-corrected chi connectivity index (χ3v) is 3.44. The lowest BCUT2D eigenvalue weighted by atomic mass is 10.2. The number of anilines is 1. The summed E-state index contributed by atoms with van der Waals surface area (Å²) < 4.78 is 5.64. The number of ether oxygens (including phenoxy) is 1. The predicted molar refractivity (Wildman–Crippen MR) is 93.9 cm³/mol. The van der Waals surface area contributed by atoms with Gasteiger partial charge >= 0.3 is 0 Å². The van der Waals surface area contributed by atoms with Crippen LogP contribution in [0.5, 0.6) is 5.75 Å². The first-order valence-electron chi connectivity index (χ1n) is 7.86. The van der Waals surface area contributed by atoms with Crippen molar-refractivity contribution in [2.24, 2.45) is 0 Å². The minimum Gasteiger partial charge on any atom is -0.494 e. The van der Waals surface area contributed by atoms with E-state index in [1.807, 2.05) is 73.5 Å². The van der Waals surface area contributed by atoms with Crippen molar-refractivity contribution in [3.8, 4) is 5.75 Å². The standard InChI is InChI=1S/C19H24N2O2/c1-16-9-11-17(12-10-16)20-19(22)15-21(2)13-6-14-23-18-7-4-3-5-8-18/h3-5,7-12H,6,13-15H2,1-2H3,(H,20,22). The van der Waals surface area contributed by atoms with Crippen molar-refractivity contribution in [1.82, 2.24) is 4.90 Å². The van der Waals surface area contributed by atoms with E-state index in [4.69, 9.17) is 4.74 Å². The van der Waals surface area contributed by atoms with Crippen LogP contribution < -0.4 is 10.1 Å². The van der Waals surface area contributed by atoms with Gasteiger partial charge in [0.2, 0.25) is 5.91 Å². The van der Waals surface area contributed by atoms with Crippen LogP contribution in [-0.4, -0.2) is 37.6 Å². The molecular weight excluding hydrogens is 288 g/mol. The van der Waals surface area contributed by atoms with E-state index < -0.39 is 0 Å². The van der Waals surface area contributed by atoms with Crippen molar-refractivity contribution in [3.63, 3.8) is 0 Å². The Balaban J connectivity index is 1.63. The summed E-state index contributed by atoms with van der Waals surface area (Å²) in [5.41, 5.74) is 2.01. The number of aryl methyl sites for hydroxylation is 1. The average Bonchev–Trinajstić information content (AvgIpc) is 2.55. The van der Waals surface area contributed by atoms with Crippen LogP contribution in [0, 0.1) is 6.92 Å². The third kappa shape index (κ3) is 6.53. The summed E-state index contributed by atoms with van der Waals surface area (Å²) >= 11 is 0. The quantitative estimate of drug-likeness (QED) is 0.760. The second-order valence-electron chi connectivity index (χ2n) is 5.67. The fraction of sp³-hybridized carbons (Fsp3) is 0.316. The monoisotopic (exact) mass is 312 g/mol. The van der Waals surface area contributed by atoms with Gasteiger partial charge < -0.3 is 10.1 Å². The van der Waals surface area contributed by atoms with Gasteiger partial charge in [0.05, 0.1) is 13.2 Å². The molecule has 0 aliphatic carbocycles. The minimum absolute atomic E-state index is 0.000306. The zero-order chi connectivity index (χ0) is 16.5. The van der Waals surface area contributed by atoms with Gasteiger partial charge in [-0.05, 0) is 44.7 Å². The highest BCUT2D eigenvalue weighted by molar-refractivity contribution is 5.92. The van der Waals surface area contributed by atoms with Crippen molar-refractivity contribution in [3.05, 3.63) is 60.2 Å². The summed E-state index contributed by atoms with van der Waals surface area (Å²) in [6.45, 7) is 3.86. The Morgan fingerprint density at radius 2 is 1.78 bits per heavy atom. The van der Waals surface area contributed by atoms with Crippen molar-refractivity contribution in [2.75, 3.05) is 32.1 Å². The number of carbonyl (C=O) groups excluding carboxylic acids is 1. The third-order valence-electron chi connectivity index (χ3n) is 3.44. The van der Waals surface area contributed by atoms with E-state index in [0.717, 1.165) is 24.4 Å². The van der Waals surface area contributed by atoms with E-state index in [2.05, 4.69) is 5.32 Å². The molecule has 1 N–H and O–H groups in total. The first-order chi connectivity index (χ1) is 11.1. The molecule has 0 aliphatic heterocycles. The van der Waals surface area contributed by atoms with Crippen LogP contribution >= 0.6 is 0 Å². The lowest BCUT2D eigenvalue weighted by molar-refractivity contribution is -0.117. The number of rotatable bonds is 8. The molecule has 2 aromatic rings. The van der Waals surface area contributed by atoms with E-state index in [1.165, 1.54) is 5.56 Å². The number of para-hydroxylation sites is 1. The largest absolute Gasteiger partial charge is 0.494 e. The zero-order valence-corrected chi connectivity index (χ0v) is 13.8. The van der Waals surface area contributed by atoms with Gasteiger partial charge in [-0.3, -0.25) is 9.69 Å². The first kappa shape index (κ1) is 17.0. The maximum atomic E-state index is 12.0. The van der Waals surface area contributed by atoms with E-state index in [1.54, 1.807) is 0 Å². The van der Waals surface area contributed by atoms with Crippen LogP contribution in [0.3, 0.4) is 0 Å². The predicted octanol–water partition coefficient (Wildman–Crippen LogP) is 3.33. The maximum absolute atomic E-state index is 12.0. The molecule has 0 bridgehead atoms. The molecule has 2 aromatic carbocycles. The molecule has 0 fully saturated rings. The normalized spacial score (nSPS) is 10.6. The van der Waals surface area contributed by atoms with Gasteiger partial charge in [0.1, 0.15) is 5.75 Å². The van der Waals surface area contributed by atoms with Gasteiger partial charge in [-0.2, -0.15) is 0 Å². The lowest BCUT2D eigenvalue weighted by Gasteiger charge is -2.16. The number of benzene rings is 2. The van der Waals surface area contributed by atoms with Crippen molar-refractivity contribution in [1.29, 1.82) is 0 Å². The highest BCUT2D eigenvalue weighted by atomic mass is 16.5. The van der Waals surface area contributed by atoms with E-state index in [-0.39, 0.29) is 5.91 Å². The highest BCUT2D eigenvalue weighted by Gasteiger charge is 2.06. The van der Waals surface area contributed by atoms with Crippen LogP contribution in [0.25, 0.3) is 0 Å². The summed E-state index contributed by atoms with van der Waals surface area (Å²) in [6, 6.07) is 17.6. The molecule has 0 spiro atoms. The lowest BCUT2D eigenvalue weighted by Crippen LogP contribution is -2.31. The number of likely N-dealkylation sites (N-methyl/N-ethyl adjacent to an activating group) is 1. The van der Waals surface area contributed by atoms with Gasteiger partial charge in [0.25, 0.3) is 0 Å². The fourth-order valence-electron chi connectivity index (χ4n) is 2.20. The smallest absolute Gasteiger partial charge is 0.238 e.